The molecule has 1 aliphatic heterocycles. The summed E-state index contributed by atoms with van der Waals surface area (Å²) in [5.74, 6) is 0.757. The van der Waals surface area contributed by atoms with Crippen molar-refractivity contribution in [1.29, 1.82) is 0 Å². The lowest BCUT2D eigenvalue weighted by atomic mass is 10.1. The van der Waals surface area contributed by atoms with Gasteiger partial charge in [0.1, 0.15) is 11.9 Å². The van der Waals surface area contributed by atoms with Gasteiger partial charge in [0.05, 0.1) is 11.1 Å². The molecular weight excluding hydrogens is 276 g/mol. The third-order valence-electron chi connectivity index (χ3n) is 3.64. The number of carbonyl (C=O) groups is 1. The van der Waals surface area contributed by atoms with E-state index in [1.54, 1.807) is 0 Å². The summed E-state index contributed by atoms with van der Waals surface area (Å²) in [6, 6.07) is 7.09. The molecule has 0 radical (unpaired) electrons. The molecule has 4 nitrogen and oxygen atoms in total. The molecule has 1 saturated heterocycles. The van der Waals surface area contributed by atoms with Crippen LogP contribution in [0.15, 0.2) is 24.3 Å². The second-order valence-corrected chi connectivity index (χ2v) is 5.49. The Morgan fingerprint density at radius 1 is 1.45 bits per heavy atom. The highest BCUT2D eigenvalue weighted by Gasteiger charge is 2.26. The van der Waals surface area contributed by atoms with Crippen LogP contribution in [0.2, 0.25) is 5.02 Å². The number of amides is 1. The van der Waals surface area contributed by atoms with Crippen LogP contribution in [-0.2, 0) is 4.79 Å². The van der Waals surface area contributed by atoms with Crippen LogP contribution in [0.4, 0.5) is 0 Å². The van der Waals surface area contributed by atoms with Gasteiger partial charge < -0.3 is 15.4 Å². The monoisotopic (exact) mass is 296 g/mol. The number of carbonyl (C=O) groups excluding carboxylic acids is 1. The largest absolute Gasteiger partial charge is 0.489 e. The molecule has 0 aromatic heterocycles. The van der Waals surface area contributed by atoms with Crippen LogP contribution in [0.5, 0.6) is 5.75 Å². The number of halogens is 1. The average Bonchev–Trinajstić information content (AvgIpc) is 2.49. The summed E-state index contributed by atoms with van der Waals surface area (Å²) in [5.41, 5.74) is 5.79. The van der Waals surface area contributed by atoms with E-state index < -0.39 is 0 Å². The van der Waals surface area contributed by atoms with Crippen LogP contribution in [0.3, 0.4) is 0 Å². The topological polar surface area (TPSA) is 55.6 Å². The van der Waals surface area contributed by atoms with Gasteiger partial charge in [-0.05, 0) is 18.6 Å². The maximum Gasteiger partial charge on any atom is 0.239 e. The molecule has 1 aromatic carbocycles. The number of nitrogens with two attached hydrogens (primary N) is 1. The Kier molecular flexibility index (Phi) is 5.26. The Morgan fingerprint density at radius 2 is 2.10 bits per heavy atom. The number of hydrogen-bond acceptors (Lipinski definition) is 3. The minimum absolute atomic E-state index is 0.0451. The van der Waals surface area contributed by atoms with Gasteiger partial charge in [0, 0.05) is 25.9 Å². The van der Waals surface area contributed by atoms with Gasteiger partial charge in [0.25, 0.3) is 0 Å². The Morgan fingerprint density at radius 3 is 2.70 bits per heavy atom. The SMILES string of the molecule is CC[C@@H](N)C(=O)N1CCC(Oc2ccccc2Cl)CC1. The van der Waals surface area contributed by atoms with Crippen LogP contribution in [0.1, 0.15) is 26.2 Å². The Balaban J connectivity index is 1.86. The minimum Gasteiger partial charge on any atom is -0.489 e. The quantitative estimate of drug-likeness (QED) is 0.928. The third kappa shape index (κ3) is 3.64. The van der Waals surface area contributed by atoms with E-state index in [9.17, 15) is 4.79 Å². The Hall–Kier alpha value is -1.26. The van der Waals surface area contributed by atoms with Gasteiger partial charge in [-0.15, -0.1) is 0 Å². The number of piperidine rings is 1. The smallest absolute Gasteiger partial charge is 0.239 e. The molecule has 1 heterocycles. The van der Waals surface area contributed by atoms with Crippen molar-refractivity contribution in [2.75, 3.05) is 13.1 Å². The molecule has 1 amide bonds. The first-order chi connectivity index (χ1) is 9.61. The summed E-state index contributed by atoms with van der Waals surface area (Å²) >= 11 is 6.08. The number of hydrogen-bond donors (Lipinski definition) is 1. The summed E-state index contributed by atoms with van der Waals surface area (Å²) in [5, 5.41) is 0.624. The van der Waals surface area contributed by atoms with Gasteiger partial charge in [-0.25, -0.2) is 0 Å². The molecule has 1 atom stereocenters. The van der Waals surface area contributed by atoms with Crippen LogP contribution in [-0.4, -0.2) is 36.0 Å². The molecule has 0 aliphatic carbocycles. The summed E-state index contributed by atoms with van der Waals surface area (Å²) in [6.07, 6.45) is 2.41. The second-order valence-electron chi connectivity index (χ2n) is 5.09. The molecule has 0 saturated carbocycles. The van der Waals surface area contributed by atoms with E-state index in [0.29, 0.717) is 30.3 Å². The van der Waals surface area contributed by atoms with Gasteiger partial charge in [-0.2, -0.15) is 0 Å². The van der Waals surface area contributed by atoms with E-state index in [1.807, 2.05) is 36.1 Å². The molecule has 1 aromatic rings. The highest BCUT2D eigenvalue weighted by atomic mass is 35.5. The number of benzene rings is 1. The van der Waals surface area contributed by atoms with Gasteiger partial charge >= 0.3 is 0 Å². The zero-order valence-electron chi connectivity index (χ0n) is 11.7. The van der Waals surface area contributed by atoms with E-state index in [4.69, 9.17) is 22.1 Å². The fourth-order valence-electron chi connectivity index (χ4n) is 2.32. The zero-order chi connectivity index (χ0) is 14.5. The summed E-state index contributed by atoms with van der Waals surface area (Å²) in [4.78, 5) is 13.8. The van der Waals surface area contributed by atoms with E-state index in [1.165, 1.54) is 0 Å². The fraction of sp³-hybridized carbons (Fsp3) is 0.533. The highest BCUT2D eigenvalue weighted by Crippen LogP contribution is 2.26. The lowest BCUT2D eigenvalue weighted by Crippen LogP contribution is -2.48. The van der Waals surface area contributed by atoms with Crippen LogP contribution >= 0.6 is 11.6 Å². The van der Waals surface area contributed by atoms with Crippen molar-refractivity contribution >= 4 is 17.5 Å². The van der Waals surface area contributed by atoms with Crippen molar-refractivity contribution in [2.24, 2.45) is 5.73 Å². The van der Waals surface area contributed by atoms with Gasteiger partial charge in [0.15, 0.2) is 0 Å². The van der Waals surface area contributed by atoms with Crippen molar-refractivity contribution in [1.82, 2.24) is 4.90 Å². The molecule has 2 rings (SSSR count). The maximum atomic E-state index is 12.0. The Bertz CT molecular complexity index is 459. The lowest BCUT2D eigenvalue weighted by molar-refractivity contribution is -0.134. The molecule has 1 fully saturated rings. The van der Waals surface area contributed by atoms with Gasteiger partial charge in [-0.1, -0.05) is 30.7 Å². The van der Waals surface area contributed by atoms with Crippen molar-refractivity contribution in [3.8, 4) is 5.75 Å². The van der Waals surface area contributed by atoms with Crippen LogP contribution in [0.25, 0.3) is 0 Å². The molecule has 5 heteroatoms. The van der Waals surface area contributed by atoms with E-state index in [-0.39, 0.29) is 18.1 Å². The normalized spacial score (nSPS) is 17.9. The molecule has 0 spiro atoms. The molecule has 0 bridgehead atoms. The number of para-hydroxylation sites is 1. The summed E-state index contributed by atoms with van der Waals surface area (Å²) in [6.45, 7) is 3.32. The third-order valence-corrected chi connectivity index (χ3v) is 3.95. The average molecular weight is 297 g/mol. The standard InChI is InChI=1S/C15H21ClN2O2/c1-2-13(17)15(19)18-9-7-11(8-10-18)20-14-6-4-3-5-12(14)16/h3-6,11,13H,2,7-10,17H2,1H3/t13-/m1/s1. The van der Waals surface area contributed by atoms with Gasteiger partial charge in [0.2, 0.25) is 5.91 Å². The first kappa shape index (κ1) is 15.1. The molecule has 20 heavy (non-hydrogen) atoms. The summed E-state index contributed by atoms with van der Waals surface area (Å²) in [7, 11) is 0. The van der Waals surface area contributed by atoms with Crippen molar-refractivity contribution in [2.45, 2.75) is 38.3 Å². The lowest BCUT2D eigenvalue weighted by Gasteiger charge is -2.33. The van der Waals surface area contributed by atoms with E-state index in [2.05, 4.69) is 0 Å². The number of ether oxygens (including phenoxy) is 1. The molecule has 110 valence electrons. The zero-order valence-corrected chi connectivity index (χ0v) is 12.5. The van der Waals surface area contributed by atoms with Crippen molar-refractivity contribution in [3.05, 3.63) is 29.3 Å². The molecule has 2 N–H and O–H groups in total. The fourth-order valence-corrected chi connectivity index (χ4v) is 2.50. The van der Waals surface area contributed by atoms with Crippen LogP contribution in [0, 0.1) is 0 Å². The first-order valence-corrected chi connectivity index (χ1v) is 7.45. The summed E-state index contributed by atoms with van der Waals surface area (Å²) < 4.78 is 5.90. The molecule has 0 unspecified atom stereocenters. The second kappa shape index (κ2) is 6.95. The molecule has 1 aliphatic rings. The Labute approximate surface area is 124 Å². The number of rotatable bonds is 4. The highest BCUT2D eigenvalue weighted by molar-refractivity contribution is 6.32. The van der Waals surface area contributed by atoms with Crippen molar-refractivity contribution in [3.63, 3.8) is 0 Å². The number of likely N-dealkylation sites (tertiary alicyclic amines) is 1. The van der Waals surface area contributed by atoms with Crippen molar-refractivity contribution < 1.29 is 9.53 Å². The predicted octanol–water partition coefficient (Wildman–Crippen LogP) is 2.45. The van der Waals surface area contributed by atoms with Gasteiger partial charge in [-0.3, -0.25) is 4.79 Å². The first-order valence-electron chi connectivity index (χ1n) is 7.07. The van der Waals surface area contributed by atoms with E-state index in [0.717, 1.165) is 12.8 Å². The number of nitrogens with zero attached hydrogens (tertiary/aromatic N) is 1. The van der Waals surface area contributed by atoms with E-state index >= 15 is 0 Å². The molecular formula is C15H21ClN2O2. The maximum absolute atomic E-state index is 12.0. The van der Waals surface area contributed by atoms with Crippen LogP contribution < -0.4 is 10.5 Å². The predicted molar refractivity (Wildman–Crippen MR) is 79.9 cm³/mol. The minimum atomic E-state index is -0.379.